The van der Waals surface area contributed by atoms with Crippen molar-refractivity contribution < 1.29 is 13.2 Å². The third kappa shape index (κ3) is 5.25. The molecule has 0 bridgehead atoms. The summed E-state index contributed by atoms with van der Waals surface area (Å²) in [6, 6.07) is 9.98. The van der Waals surface area contributed by atoms with E-state index in [1.165, 1.54) is 6.21 Å². The van der Waals surface area contributed by atoms with Crippen LogP contribution in [0.4, 0.5) is 0 Å². The van der Waals surface area contributed by atoms with Crippen LogP contribution in [0.3, 0.4) is 0 Å². The van der Waals surface area contributed by atoms with Crippen molar-refractivity contribution in [3.8, 4) is 0 Å². The van der Waals surface area contributed by atoms with Crippen molar-refractivity contribution in [3.05, 3.63) is 53.9 Å². The van der Waals surface area contributed by atoms with Crippen LogP contribution in [0.2, 0.25) is 0 Å². The minimum Gasteiger partial charge on any atom is -0.273 e. The Morgan fingerprint density at radius 1 is 1.36 bits per heavy atom. The Morgan fingerprint density at radius 2 is 2.16 bits per heavy atom. The monoisotopic (exact) mass is 360 g/mol. The molecule has 0 saturated carbocycles. The molecule has 0 aliphatic carbocycles. The Hall–Kier alpha value is -2.48. The molecular formula is C17H20N4O3S. The van der Waals surface area contributed by atoms with Gasteiger partial charge in [0.1, 0.15) is 0 Å². The van der Waals surface area contributed by atoms with Crippen molar-refractivity contribution in [3.63, 3.8) is 0 Å². The van der Waals surface area contributed by atoms with Gasteiger partial charge in [0.25, 0.3) is 0 Å². The zero-order chi connectivity index (χ0) is 17.7. The van der Waals surface area contributed by atoms with E-state index in [0.29, 0.717) is 13.0 Å². The highest BCUT2D eigenvalue weighted by Crippen LogP contribution is 2.21. The number of amides is 1. The molecule has 132 valence electrons. The Morgan fingerprint density at radius 3 is 2.88 bits per heavy atom. The number of carbonyl (C=O) groups excluding carboxylic acids is 1. The lowest BCUT2D eigenvalue weighted by molar-refractivity contribution is -0.121. The van der Waals surface area contributed by atoms with Crippen LogP contribution in [-0.4, -0.2) is 41.8 Å². The maximum atomic E-state index is 11.8. The van der Waals surface area contributed by atoms with Gasteiger partial charge in [-0.2, -0.15) is 10.2 Å². The fourth-order valence-corrected chi connectivity index (χ4v) is 4.68. The highest BCUT2D eigenvalue weighted by Gasteiger charge is 2.29. The number of hydrogen-bond donors (Lipinski definition) is 1. The standard InChI is InChI=1S/C17H20N4O3S/c22-17(8-15-6-7-25(23,24)13-15)20-18-9-16-10-19-21(12-16)11-14-4-2-1-3-5-14/h1-5,9-10,12,15H,6-8,11,13H2,(H,20,22)/b18-9-/t15-/m1/s1. The second-order valence-corrected chi connectivity index (χ2v) is 8.45. The maximum absolute atomic E-state index is 11.8. The van der Waals surface area contributed by atoms with E-state index in [2.05, 4.69) is 15.6 Å². The Kier molecular flexibility index (Phi) is 5.28. The van der Waals surface area contributed by atoms with Crippen LogP contribution in [0.5, 0.6) is 0 Å². The molecule has 0 spiro atoms. The van der Waals surface area contributed by atoms with Gasteiger partial charge in [0, 0.05) is 18.2 Å². The van der Waals surface area contributed by atoms with E-state index in [1.54, 1.807) is 10.9 Å². The van der Waals surface area contributed by atoms with Gasteiger partial charge in [-0.15, -0.1) is 0 Å². The van der Waals surface area contributed by atoms with Crippen LogP contribution in [-0.2, 0) is 21.2 Å². The highest BCUT2D eigenvalue weighted by atomic mass is 32.2. The molecule has 1 amide bonds. The summed E-state index contributed by atoms with van der Waals surface area (Å²) in [6.07, 6.45) is 5.77. The molecule has 7 nitrogen and oxygen atoms in total. The largest absolute Gasteiger partial charge is 0.273 e. The molecule has 2 aromatic rings. The van der Waals surface area contributed by atoms with E-state index >= 15 is 0 Å². The van der Waals surface area contributed by atoms with Gasteiger partial charge in [-0.1, -0.05) is 30.3 Å². The van der Waals surface area contributed by atoms with Gasteiger partial charge < -0.3 is 0 Å². The number of benzene rings is 1. The van der Waals surface area contributed by atoms with Crippen molar-refractivity contribution in [1.82, 2.24) is 15.2 Å². The van der Waals surface area contributed by atoms with Gasteiger partial charge in [-0.25, -0.2) is 13.8 Å². The minimum absolute atomic E-state index is 0.0936. The average molecular weight is 360 g/mol. The van der Waals surface area contributed by atoms with Gasteiger partial charge in [-0.3, -0.25) is 9.48 Å². The molecule has 0 radical (unpaired) electrons. The second-order valence-electron chi connectivity index (χ2n) is 6.22. The molecule has 1 atom stereocenters. The Bertz CT molecular complexity index is 859. The topological polar surface area (TPSA) is 93.4 Å². The summed E-state index contributed by atoms with van der Waals surface area (Å²) in [6.45, 7) is 0.664. The van der Waals surface area contributed by atoms with Crippen LogP contribution < -0.4 is 5.43 Å². The third-order valence-corrected chi connectivity index (χ3v) is 5.88. The smallest absolute Gasteiger partial charge is 0.240 e. The molecule has 1 aliphatic heterocycles. The SMILES string of the molecule is O=C(C[C@H]1CCS(=O)(=O)C1)N/N=C\c1cnn(Cc2ccccc2)c1. The number of rotatable bonds is 6. The Labute approximate surface area is 146 Å². The number of sulfone groups is 1. The van der Waals surface area contributed by atoms with Crippen LogP contribution in [0.15, 0.2) is 47.8 Å². The summed E-state index contributed by atoms with van der Waals surface area (Å²) in [5.74, 6) is -0.102. The minimum atomic E-state index is -2.96. The number of hydrogen-bond acceptors (Lipinski definition) is 5. The lowest BCUT2D eigenvalue weighted by Gasteiger charge is -2.04. The summed E-state index contributed by atoms with van der Waals surface area (Å²) < 4.78 is 24.6. The third-order valence-electron chi connectivity index (χ3n) is 4.04. The van der Waals surface area contributed by atoms with Crippen molar-refractivity contribution in [1.29, 1.82) is 0 Å². The number of carbonyl (C=O) groups is 1. The van der Waals surface area contributed by atoms with E-state index in [9.17, 15) is 13.2 Å². The first-order valence-electron chi connectivity index (χ1n) is 8.09. The zero-order valence-corrected chi connectivity index (χ0v) is 14.5. The van der Waals surface area contributed by atoms with Crippen molar-refractivity contribution >= 4 is 22.0 Å². The highest BCUT2D eigenvalue weighted by molar-refractivity contribution is 7.91. The van der Waals surface area contributed by atoms with E-state index in [1.807, 2.05) is 36.5 Å². The van der Waals surface area contributed by atoms with Crippen molar-refractivity contribution in [2.75, 3.05) is 11.5 Å². The molecule has 25 heavy (non-hydrogen) atoms. The Balaban J connectivity index is 1.47. The fraction of sp³-hybridized carbons (Fsp3) is 0.353. The number of nitrogens with one attached hydrogen (secondary N) is 1. The molecule has 2 heterocycles. The predicted molar refractivity (Wildman–Crippen MR) is 94.9 cm³/mol. The van der Waals surface area contributed by atoms with Gasteiger partial charge in [0.15, 0.2) is 9.84 Å². The van der Waals surface area contributed by atoms with Crippen LogP contribution in [0.1, 0.15) is 24.0 Å². The number of nitrogens with zero attached hydrogens (tertiary/aromatic N) is 3. The molecule has 3 rings (SSSR count). The number of aromatic nitrogens is 2. The first-order valence-corrected chi connectivity index (χ1v) is 9.91. The van der Waals surface area contributed by atoms with E-state index < -0.39 is 9.84 Å². The number of hydrazone groups is 1. The molecule has 1 fully saturated rings. The predicted octanol–water partition coefficient (Wildman–Crippen LogP) is 1.21. The van der Waals surface area contributed by atoms with Gasteiger partial charge >= 0.3 is 0 Å². The quantitative estimate of drug-likeness (QED) is 0.619. The maximum Gasteiger partial charge on any atom is 0.240 e. The zero-order valence-electron chi connectivity index (χ0n) is 13.7. The molecule has 1 aromatic carbocycles. The average Bonchev–Trinajstić information content (AvgIpc) is 3.14. The summed E-state index contributed by atoms with van der Waals surface area (Å²) >= 11 is 0. The lowest BCUT2D eigenvalue weighted by atomic mass is 10.1. The normalized spacial score (nSPS) is 19.3. The molecule has 0 unspecified atom stereocenters. The van der Waals surface area contributed by atoms with Crippen LogP contribution >= 0.6 is 0 Å². The van der Waals surface area contributed by atoms with Crippen LogP contribution in [0.25, 0.3) is 0 Å². The second kappa shape index (κ2) is 7.60. The van der Waals surface area contributed by atoms with E-state index in [4.69, 9.17) is 0 Å². The fourth-order valence-electron chi connectivity index (χ4n) is 2.82. The summed E-state index contributed by atoms with van der Waals surface area (Å²) in [5.41, 5.74) is 4.37. The van der Waals surface area contributed by atoms with Gasteiger partial charge in [0.05, 0.1) is 30.5 Å². The molecule has 1 aliphatic rings. The lowest BCUT2D eigenvalue weighted by Crippen LogP contribution is -2.21. The van der Waals surface area contributed by atoms with Crippen molar-refractivity contribution in [2.45, 2.75) is 19.4 Å². The summed E-state index contributed by atoms with van der Waals surface area (Å²) in [5, 5.41) is 8.17. The summed E-state index contributed by atoms with van der Waals surface area (Å²) in [4.78, 5) is 11.8. The van der Waals surface area contributed by atoms with E-state index in [-0.39, 0.29) is 29.8 Å². The van der Waals surface area contributed by atoms with Crippen LogP contribution in [0, 0.1) is 5.92 Å². The van der Waals surface area contributed by atoms with Gasteiger partial charge in [0.2, 0.25) is 5.91 Å². The molecule has 8 heteroatoms. The first-order chi connectivity index (χ1) is 12.0. The molecule has 1 N–H and O–H groups in total. The summed E-state index contributed by atoms with van der Waals surface area (Å²) in [7, 11) is -2.96. The molecular weight excluding hydrogens is 340 g/mol. The van der Waals surface area contributed by atoms with E-state index in [0.717, 1.165) is 11.1 Å². The first kappa shape index (κ1) is 17.3. The molecule has 1 saturated heterocycles. The van der Waals surface area contributed by atoms with Gasteiger partial charge in [-0.05, 0) is 17.9 Å². The molecule has 1 aromatic heterocycles. The van der Waals surface area contributed by atoms with Crippen molar-refractivity contribution in [2.24, 2.45) is 11.0 Å².